The Morgan fingerprint density at radius 2 is 2.26 bits per heavy atom. The van der Waals surface area contributed by atoms with E-state index in [2.05, 4.69) is 0 Å². The van der Waals surface area contributed by atoms with Crippen molar-refractivity contribution in [3.8, 4) is 0 Å². The van der Waals surface area contributed by atoms with Crippen molar-refractivity contribution in [2.24, 2.45) is 0 Å². The average molecular weight is 395 g/mol. The zero-order chi connectivity index (χ0) is 19.4. The number of carboxylic acid groups (broad SMARTS) is 1. The van der Waals surface area contributed by atoms with Crippen molar-refractivity contribution >= 4 is 33.3 Å². The molecule has 1 aliphatic rings. The Morgan fingerprint density at radius 1 is 1.44 bits per heavy atom. The summed E-state index contributed by atoms with van der Waals surface area (Å²) < 4.78 is 25.8. The van der Waals surface area contributed by atoms with Crippen LogP contribution in [0, 0.1) is 5.82 Å². The summed E-state index contributed by atoms with van der Waals surface area (Å²) in [4.78, 5) is 26.1. The van der Waals surface area contributed by atoms with Gasteiger partial charge in [-0.2, -0.15) is 0 Å². The smallest absolute Gasteiger partial charge is 0.305 e. The van der Waals surface area contributed by atoms with E-state index in [-0.39, 0.29) is 31.6 Å². The molecule has 27 heavy (non-hydrogen) atoms. The van der Waals surface area contributed by atoms with Gasteiger partial charge in [0.2, 0.25) is 0 Å². The molecule has 0 radical (unpaired) electrons. The number of carbonyl (C=O) groups excluding carboxylic acids is 1. The van der Waals surface area contributed by atoms with Crippen molar-refractivity contribution in [2.75, 3.05) is 26.8 Å². The minimum absolute atomic E-state index is 0.0805. The highest BCUT2D eigenvalue weighted by Crippen LogP contribution is 2.34. The second-order valence-corrected chi connectivity index (χ2v) is 7.54. The van der Waals surface area contributed by atoms with Gasteiger partial charge in [-0.1, -0.05) is 6.07 Å². The monoisotopic (exact) mass is 395 g/mol. The molecule has 3 rings (SSSR count). The Hall–Kier alpha value is -2.03. The molecule has 1 aliphatic heterocycles. The average Bonchev–Trinajstić information content (AvgIpc) is 3.27. The molecule has 1 fully saturated rings. The fourth-order valence-corrected chi connectivity index (χ4v) is 4.50. The van der Waals surface area contributed by atoms with Gasteiger partial charge < -0.3 is 19.5 Å². The lowest BCUT2D eigenvalue weighted by Gasteiger charge is -2.25. The molecule has 0 bridgehead atoms. The summed E-state index contributed by atoms with van der Waals surface area (Å²) >= 11 is 1.21. The van der Waals surface area contributed by atoms with Crippen LogP contribution in [0.4, 0.5) is 4.39 Å². The quantitative estimate of drug-likeness (QED) is 0.742. The predicted octanol–water partition coefficient (Wildman–Crippen LogP) is 3.28. The minimum Gasteiger partial charge on any atom is -0.481 e. The third kappa shape index (κ3) is 4.45. The first kappa shape index (κ1) is 19.7. The molecule has 2 aromatic rings. The summed E-state index contributed by atoms with van der Waals surface area (Å²) in [7, 11) is 1.49. The van der Waals surface area contributed by atoms with Crippen molar-refractivity contribution in [2.45, 2.75) is 32.0 Å². The van der Waals surface area contributed by atoms with E-state index in [0.717, 1.165) is 12.8 Å². The summed E-state index contributed by atoms with van der Waals surface area (Å²) in [5.74, 6) is -1.68. The Balaban J connectivity index is 1.94. The number of halogens is 1. The number of nitrogens with zero attached hydrogens (tertiary/aromatic N) is 1. The molecule has 1 aromatic heterocycles. The molecule has 1 amide bonds. The molecular formula is C19H22FNO5S. The van der Waals surface area contributed by atoms with Gasteiger partial charge in [0.25, 0.3) is 5.91 Å². The van der Waals surface area contributed by atoms with E-state index >= 15 is 0 Å². The van der Waals surface area contributed by atoms with Crippen LogP contribution in [0.3, 0.4) is 0 Å². The first-order chi connectivity index (χ1) is 13.0. The molecule has 1 N–H and O–H groups in total. The third-order valence-corrected chi connectivity index (χ3v) is 5.76. The predicted molar refractivity (Wildman–Crippen MR) is 99.6 cm³/mol. The van der Waals surface area contributed by atoms with Crippen molar-refractivity contribution < 1.29 is 28.6 Å². The lowest BCUT2D eigenvalue weighted by Crippen LogP contribution is -2.38. The Labute approximate surface area is 160 Å². The van der Waals surface area contributed by atoms with E-state index in [1.165, 1.54) is 29.4 Å². The zero-order valence-corrected chi connectivity index (χ0v) is 15.9. The number of benzene rings is 1. The van der Waals surface area contributed by atoms with Gasteiger partial charge in [-0.15, -0.1) is 11.3 Å². The van der Waals surface area contributed by atoms with Crippen molar-refractivity contribution in [1.29, 1.82) is 0 Å². The molecule has 1 saturated heterocycles. The number of fused-ring (bicyclic) bond motifs is 1. The van der Waals surface area contributed by atoms with Crippen LogP contribution in [0.1, 0.15) is 34.5 Å². The summed E-state index contributed by atoms with van der Waals surface area (Å²) in [5.41, 5.74) is 0.508. The number of hydrogen-bond acceptors (Lipinski definition) is 5. The van der Waals surface area contributed by atoms with E-state index < -0.39 is 11.8 Å². The fourth-order valence-electron chi connectivity index (χ4n) is 3.31. The Bertz CT molecular complexity index is 831. The topological polar surface area (TPSA) is 76.1 Å². The maximum Gasteiger partial charge on any atom is 0.305 e. The number of carboxylic acids is 1. The molecule has 146 valence electrons. The number of carbonyl (C=O) groups is 2. The van der Waals surface area contributed by atoms with Gasteiger partial charge in [0.1, 0.15) is 5.82 Å². The van der Waals surface area contributed by atoms with Crippen LogP contribution >= 0.6 is 11.3 Å². The maximum atomic E-state index is 14.4. The van der Waals surface area contributed by atoms with Crippen LogP contribution in [0.15, 0.2) is 18.2 Å². The highest BCUT2D eigenvalue weighted by atomic mass is 32.1. The summed E-state index contributed by atoms with van der Waals surface area (Å²) in [6.07, 6.45) is 1.51. The molecule has 0 unspecified atom stereocenters. The van der Waals surface area contributed by atoms with E-state index in [9.17, 15) is 14.0 Å². The van der Waals surface area contributed by atoms with E-state index in [4.69, 9.17) is 14.6 Å². The highest BCUT2D eigenvalue weighted by Gasteiger charge is 2.28. The lowest BCUT2D eigenvalue weighted by molar-refractivity contribution is -0.137. The van der Waals surface area contributed by atoms with Crippen LogP contribution in [-0.4, -0.2) is 54.8 Å². The second kappa shape index (κ2) is 8.77. The van der Waals surface area contributed by atoms with Crippen molar-refractivity contribution in [3.05, 3.63) is 34.5 Å². The summed E-state index contributed by atoms with van der Waals surface area (Å²) in [6, 6.07) is 4.73. The first-order valence-corrected chi connectivity index (χ1v) is 9.64. The molecular weight excluding hydrogens is 373 g/mol. The van der Waals surface area contributed by atoms with Crippen LogP contribution in [0.5, 0.6) is 0 Å². The molecule has 6 nitrogen and oxygen atoms in total. The lowest BCUT2D eigenvalue weighted by atomic mass is 10.1. The minimum atomic E-state index is -0.973. The Kier molecular flexibility index (Phi) is 6.41. The Morgan fingerprint density at radius 3 is 2.93 bits per heavy atom. The third-order valence-electron chi connectivity index (χ3n) is 4.58. The van der Waals surface area contributed by atoms with Gasteiger partial charge in [-0.25, -0.2) is 4.39 Å². The number of amides is 1. The molecule has 0 saturated carbocycles. The van der Waals surface area contributed by atoms with Crippen LogP contribution in [-0.2, 0) is 20.9 Å². The standard InChI is InChI=1S/C19H22FNO5S/c1-25-11-13-17-14(20)5-2-6-15(17)27-18(13)19(24)21(8-7-16(22)23)10-12-4-3-9-26-12/h2,5-6,12H,3-4,7-11H2,1H3,(H,22,23)/t12-/m0/s1. The van der Waals surface area contributed by atoms with E-state index in [1.807, 2.05) is 0 Å². The molecule has 8 heteroatoms. The maximum absolute atomic E-state index is 14.4. The van der Waals surface area contributed by atoms with Gasteiger partial charge in [-0.3, -0.25) is 9.59 Å². The summed E-state index contributed by atoms with van der Waals surface area (Å²) in [5, 5.41) is 9.42. The van der Waals surface area contributed by atoms with Crippen LogP contribution in [0.2, 0.25) is 0 Å². The number of rotatable bonds is 8. The number of thiophene rings is 1. The molecule has 1 aromatic carbocycles. The van der Waals surface area contributed by atoms with Crippen molar-refractivity contribution in [3.63, 3.8) is 0 Å². The van der Waals surface area contributed by atoms with Crippen LogP contribution in [0.25, 0.3) is 10.1 Å². The van der Waals surface area contributed by atoms with Gasteiger partial charge >= 0.3 is 5.97 Å². The van der Waals surface area contributed by atoms with E-state index in [0.29, 0.717) is 33.7 Å². The SMILES string of the molecule is COCc1c(C(=O)N(CCC(=O)O)C[C@@H]2CCCO2)sc2cccc(F)c12. The fraction of sp³-hybridized carbons (Fsp3) is 0.474. The molecule has 2 heterocycles. The molecule has 1 atom stereocenters. The van der Waals surface area contributed by atoms with Gasteiger partial charge in [0, 0.05) is 42.5 Å². The number of hydrogen-bond donors (Lipinski definition) is 1. The van der Waals surface area contributed by atoms with E-state index in [1.54, 1.807) is 12.1 Å². The van der Waals surface area contributed by atoms with Crippen molar-refractivity contribution in [1.82, 2.24) is 4.90 Å². The van der Waals surface area contributed by atoms with Gasteiger partial charge in [-0.05, 0) is 25.0 Å². The second-order valence-electron chi connectivity index (χ2n) is 6.49. The van der Waals surface area contributed by atoms with Crippen LogP contribution < -0.4 is 0 Å². The first-order valence-electron chi connectivity index (χ1n) is 8.82. The largest absolute Gasteiger partial charge is 0.481 e. The normalized spacial score (nSPS) is 16.7. The number of ether oxygens (including phenoxy) is 2. The van der Waals surface area contributed by atoms with Gasteiger partial charge in [0.05, 0.1) is 24.0 Å². The zero-order valence-electron chi connectivity index (χ0n) is 15.1. The number of aliphatic carboxylic acids is 1. The van der Waals surface area contributed by atoms with Gasteiger partial charge in [0.15, 0.2) is 0 Å². The molecule has 0 aliphatic carbocycles. The molecule has 0 spiro atoms. The highest BCUT2D eigenvalue weighted by molar-refractivity contribution is 7.21. The summed E-state index contributed by atoms with van der Waals surface area (Å²) in [6.45, 7) is 1.16. The number of methoxy groups -OCH3 is 1.